The molecule has 0 heterocycles. The van der Waals surface area contributed by atoms with Gasteiger partial charge in [0.1, 0.15) is 6.04 Å². The van der Waals surface area contributed by atoms with Crippen LogP contribution < -0.4 is 5.32 Å². The predicted molar refractivity (Wildman–Crippen MR) is 68.1 cm³/mol. The third kappa shape index (κ3) is 7.23. The van der Waals surface area contributed by atoms with Crippen molar-refractivity contribution < 1.29 is 19.1 Å². The van der Waals surface area contributed by atoms with E-state index < -0.39 is 12.0 Å². The van der Waals surface area contributed by atoms with Gasteiger partial charge in [-0.15, -0.1) is 0 Å². The number of carbonyl (C=O) groups is 2. The minimum Gasteiger partial charge on any atom is -0.464 e. The van der Waals surface area contributed by atoms with Gasteiger partial charge in [0.25, 0.3) is 0 Å². The third-order valence-electron chi connectivity index (χ3n) is 2.35. The Morgan fingerprint density at radius 3 is 2.41 bits per heavy atom. The van der Waals surface area contributed by atoms with Gasteiger partial charge in [-0.2, -0.15) is 12.6 Å². The fraction of sp³-hybridized carbons (Fsp3) is 0.818. The zero-order valence-electron chi connectivity index (χ0n) is 10.8. The Morgan fingerprint density at radius 1 is 1.41 bits per heavy atom. The Morgan fingerprint density at radius 2 is 2.00 bits per heavy atom. The van der Waals surface area contributed by atoms with Crippen molar-refractivity contribution in [2.75, 3.05) is 19.5 Å². The van der Waals surface area contributed by atoms with Crippen molar-refractivity contribution in [2.45, 2.75) is 38.8 Å². The summed E-state index contributed by atoms with van der Waals surface area (Å²) in [6.45, 7) is 5.41. The van der Waals surface area contributed by atoms with Crippen molar-refractivity contribution in [1.82, 2.24) is 5.32 Å². The van der Waals surface area contributed by atoms with Crippen molar-refractivity contribution in [3.63, 3.8) is 0 Å². The molecule has 0 radical (unpaired) electrons. The molecule has 0 aromatic carbocycles. The predicted octanol–water partition coefficient (Wildman–Crippen LogP) is 0.779. The van der Waals surface area contributed by atoms with Gasteiger partial charge in [-0.25, -0.2) is 4.79 Å². The van der Waals surface area contributed by atoms with Crippen LogP contribution in [-0.4, -0.2) is 43.0 Å². The van der Waals surface area contributed by atoms with Crippen molar-refractivity contribution in [3.05, 3.63) is 0 Å². The molecule has 0 aromatic rings. The summed E-state index contributed by atoms with van der Waals surface area (Å²) in [5.74, 6) is -0.535. The first-order valence-corrected chi connectivity index (χ1v) is 6.05. The molecule has 0 rings (SSSR count). The summed E-state index contributed by atoms with van der Waals surface area (Å²) in [4.78, 5) is 22.4. The van der Waals surface area contributed by atoms with Gasteiger partial charge in [0.05, 0.1) is 12.2 Å². The number of rotatable bonds is 7. The van der Waals surface area contributed by atoms with E-state index in [0.29, 0.717) is 6.42 Å². The highest BCUT2D eigenvalue weighted by Crippen LogP contribution is 2.12. The number of ether oxygens (including phenoxy) is 2. The molecule has 0 saturated heterocycles. The molecule has 1 N–H and O–H groups in total. The number of carbonyl (C=O) groups excluding carboxylic acids is 2. The number of hydrogen-bond donors (Lipinski definition) is 2. The monoisotopic (exact) mass is 263 g/mol. The second kappa shape index (κ2) is 7.55. The molecular formula is C11H21NO4S. The van der Waals surface area contributed by atoms with Gasteiger partial charge in [0, 0.05) is 26.2 Å². The highest BCUT2D eigenvalue weighted by atomic mass is 32.1. The Balaban J connectivity index is 4.03. The van der Waals surface area contributed by atoms with E-state index in [1.54, 1.807) is 7.11 Å². The summed E-state index contributed by atoms with van der Waals surface area (Å²) >= 11 is 3.99. The minimum absolute atomic E-state index is 0.214. The highest BCUT2D eigenvalue weighted by Gasteiger charge is 2.21. The molecule has 0 aliphatic carbocycles. The van der Waals surface area contributed by atoms with Crippen LogP contribution in [0.3, 0.4) is 0 Å². The van der Waals surface area contributed by atoms with Crippen LogP contribution in [-0.2, 0) is 19.1 Å². The van der Waals surface area contributed by atoms with Gasteiger partial charge in [0.2, 0.25) is 5.91 Å². The van der Waals surface area contributed by atoms with Crippen molar-refractivity contribution in [2.24, 2.45) is 0 Å². The Hall–Kier alpha value is -0.750. The lowest BCUT2D eigenvalue weighted by molar-refractivity contribution is -0.148. The van der Waals surface area contributed by atoms with E-state index in [0.717, 1.165) is 0 Å². The van der Waals surface area contributed by atoms with E-state index >= 15 is 0 Å². The van der Waals surface area contributed by atoms with Crippen LogP contribution >= 0.6 is 12.6 Å². The van der Waals surface area contributed by atoms with Gasteiger partial charge >= 0.3 is 5.97 Å². The Labute approximate surface area is 108 Å². The van der Waals surface area contributed by atoms with Gasteiger partial charge in [0.15, 0.2) is 0 Å². The van der Waals surface area contributed by atoms with Crippen LogP contribution in [0.4, 0.5) is 0 Å². The van der Waals surface area contributed by atoms with Crippen LogP contribution in [0.15, 0.2) is 0 Å². The maximum absolute atomic E-state index is 11.6. The number of nitrogens with one attached hydrogen (secondary N) is 1. The largest absolute Gasteiger partial charge is 0.464 e. The highest BCUT2D eigenvalue weighted by molar-refractivity contribution is 7.80. The van der Waals surface area contributed by atoms with E-state index in [1.165, 1.54) is 6.92 Å². The molecule has 6 heteroatoms. The van der Waals surface area contributed by atoms with Crippen molar-refractivity contribution in [3.8, 4) is 0 Å². The standard InChI is InChI=1S/C11H21NO4S/c1-8(13)12-9(7-17)10(14)16-6-5-11(2,3)15-4/h9,17H,5-7H2,1-4H3,(H,12,13). The molecule has 0 fully saturated rings. The number of amides is 1. The van der Waals surface area contributed by atoms with Crippen LogP contribution in [0, 0.1) is 0 Å². The summed E-state index contributed by atoms with van der Waals surface area (Å²) < 4.78 is 10.2. The minimum atomic E-state index is -0.693. The zero-order chi connectivity index (χ0) is 13.5. The second-order valence-corrected chi connectivity index (χ2v) is 4.68. The van der Waals surface area contributed by atoms with E-state index in [1.807, 2.05) is 13.8 Å². The molecule has 0 bridgehead atoms. The average molecular weight is 263 g/mol. The molecule has 0 spiro atoms. The lowest BCUT2D eigenvalue weighted by Crippen LogP contribution is -2.42. The van der Waals surface area contributed by atoms with E-state index in [9.17, 15) is 9.59 Å². The van der Waals surface area contributed by atoms with Gasteiger partial charge in [-0.05, 0) is 13.8 Å². The zero-order valence-corrected chi connectivity index (χ0v) is 11.7. The van der Waals surface area contributed by atoms with Gasteiger partial charge < -0.3 is 14.8 Å². The summed E-state index contributed by atoms with van der Waals surface area (Å²) in [5, 5.41) is 2.47. The molecule has 1 amide bonds. The van der Waals surface area contributed by atoms with Crippen LogP contribution in [0.25, 0.3) is 0 Å². The quantitative estimate of drug-likeness (QED) is 0.526. The first kappa shape index (κ1) is 16.2. The van der Waals surface area contributed by atoms with Crippen molar-refractivity contribution in [1.29, 1.82) is 0 Å². The second-order valence-electron chi connectivity index (χ2n) is 4.32. The van der Waals surface area contributed by atoms with Crippen LogP contribution in [0.1, 0.15) is 27.2 Å². The van der Waals surface area contributed by atoms with Crippen LogP contribution in [0.5, 0.6) is 0 Å². The Bertz CT molecular complexity index is 268. The summed E-state index contributed by atoms with van der Waals surface area (Å²) in [6.07, 6.45) is 0.592. The number of esters is 1. The van der Waals surface area contributed by atoms with Gasteiger partial charge in [-0.3, -0.25) is 4.79 Å². The lowest BCUT2D eigenvalue weighted by atomic mass is 10.1. The SMILES string of the molecule is COC(C)(C)CCOC(=O)C(CS)NC(C)=O. The number of thiol groups is 1. The fourth-order valence-electron chi connectivity index (χ4n) is 1.02. The average Bonchev–Trinajstić information content (AvgIpc) is 2.25. The maximum Gasteiger partial charge on any atom is 0.329 e. The van der Waals surface area contributed by atoms with E-state index in [4.69, 9.17) is 9.47 Å². The normalized spacial score (nSPS) is 13.0. The molecule has 1 atom stereocenters. The summed E-state index contributed by atoms with van der Waals surface area (Å²) in [5.41, 5.74) is -0.329. The lowest BCUT2D eigenvalue weighted by Gasteiger charge is -2.23. The number of hydrogen-bond acceptors (Lipinski definition) is 5. The van der Waals surface area contributed by atoms with Crippen molar-refractivity contribution >= 4 is 24.5 Å². The van der Waals surface area contributed by atoms with Crippen LogP contribution in [0.2, 0.25) is 0 Å². The molecule has 0 saturated carbocycles. The maximum atomic E-state index is 11.6. The molecule has 0 aliphatic rings. The molecule has 17 heavy (non-hydrogen) atoms. The summed E-state index contributed by atoms with van der Waals surface area (Å²) in [6, 6.07) is -0.693. The molecule has 5 nitrogen and oxygen atoms in total. The smallest absolute Gasteiger partial charge is 0.329 e. The van der Waals surface area contributed by atoms with E-state index in [2.05, 4.69) is 17.9 Å². The molecule has 0 aliphatic heterocycles. The summed E-state index contributed by atoms with van der Waals surface area (Å²) in [7, 11) is 1.61. The third-order valence-corrected chi connectivity index (χ3v) is 2.71. The topological polar surface area (TPSA) is 64.6 Å². The Kier molecular flexibility index (Phi) is 7.22. The molecular weight excluding hydrogens is 242 g/mol. The number of methoxy groups -OCH3 is 1. The molecule has 1 unspecified atom stereocenters. The first-order valence-electron chi connectivity index (χ1n) is 5.42. The van der Waals surface area contributed by atoms with Gasteiger partial charge in [-0.1, -0.05) is 0 Å². The first-order chi connectivity index (χ1) is 7.82. The fourth-order valence-corrected chi connectivity index (χ4v) is 1.26. The molecule has 0 aromatic heterocycles. The molecule has 100 valence electrons. The van der Waals surface area contributed by atoms with E-state index in [-0.39, 0.29) is 23.9 Å².